The van der Waals surface area contributed by atoms with Crippen LogP contribution < -0.4 is 4.89 Å². The van der Waals surface area contributed by atoms with Crippen LogP contribution in [-0.2, 0) is 32.7 Å². The van der Waals surface area contributed by atoms with Crippen molar-refractivity contribution in [1.82, 2.24) is 0 Å². The number of likely N-dealkylation sites (N-methyl/N-ethyl adjacent to an activating group) is 1. The van der Waals surface area contributed by atoms with E-state index in [1.807, 2.05) is 21.1 Å². The molecule has 0 N–H and O–H groups in total. The van der Waals surface area contributed by atoms with E-state index in [0.29, 0.717) is 17.4 Å². The third kappa shape index (κ3) is 27.2. The summed E-state index contributed by atoms with van der Waals surface area (Å²) < 4.78 is 33.4. The molecule has 0 fully saturated rings. The Balaban J connectivity index is 4.49. The molecule has 238 valence electrons. The van der Waals surface area contributed by atoms with Crippen molar-refractivity contribution in [2.24, 2.45) is 0 Å². The zero-order valence-corrected chi connectivity index (χ0v) is 27.2. The van der Waals surface area contributed by atoms with Crippen LogP contribution in [0.3, 0.4) is 0 Å². The number of carbonyl (C=O) groups is 2. The summed E-state index contributed by atoms with van der Waals surface area (Å²) in [4.78, 5) is 36.8. The molecule has 9 nitrogen and oxygen atoms in total. The predicted molar refractivity (Wildman–Crippen MR) is 158 cm³/mol. The van der Waals surface area contributed by atoms with E-state index in [0.717, 1.165) is 44.9 Å². The first-order valence-electron chi connectivity index (χ1n) is 15.7. The number of hydrogen-bond acceptors (Lipinski definition) is 8. The van der Waals surface area contributed by atoms with Crippen LogP contribution in [0.2, 0.25) is 0 Å². The maximum atomic E-state index is 12.4. The largest absolute Gasteiger partial charge is 0.756 e. The molecule has 0 saturated carbocycles. The van der Waals surface area contributed by atoms with Crippen LogP contribution in [-0.4, -0.2) is 70.0 Å². The summed E-state index contributed by atoms with van der Waals surface area (Å²) in [5.74, 6) is -0.845. The van der Waals surface area contributed by atoms with Gasteiger partial charge in [-0.15, -0.1) is 0 Å². The monoisotopic (exact) mass is 593 g/mol. The minimum absolute atomic E-state index is 0.0272. The quantitative estimate of drug-likeness (QED) is 0.0426. The molecule has 0 heterocycles. The van der Waals surface area contributed by atoms with E-state index in [9.17, 15) is 19.0 Å². The molecule has 0 aliphatic heterocycles. The van der Waals surface area contributed by atoms with Gasteiger partial charge in [-0.2, -0.15) is 0 Å². The molecule has 0 aliphatic carbocycles. The van der Waals surface area contributed by atoms with Crippen molar-refractivity contribution in [3.05, 3.63) is 0 Å². The summed E-state index contributed by atoms with van der Waals surface area (Å²) in [7, 11) is 1.17. The predicted octanol–water partition coefficient (Wildman–Crippen LogP) is 6.71. The number of phosphoric ester groups is 1. The molecule has 0 spiro atoms. The molecule has 0 saturated heterocycles. The number of ether oxygens (including phenoxy) is 2. The van der Waals surface area contributed by atoms with Crippen molar-refractivity contribution in [1.29, 1.82) is 0 Å². The molecule has 0 bridgehead atoms. The molecule has 0 aliphatic rings. The topological polar surface area (TPSA) is 111 Å². The standard InChI is InChI=1S/C30H60NO8P/c1-6-8-10-12-14-15-16-17-19-20-22-29(32)36-26-28(39-30(33)23-21-18-13-11-9-7-2)27-38-40(34,35)37-25-24-31(3,4)5/h28H,6-27H2,1-5H3. The van der Waals surface area contributed by atoms with Crippen LogP contribution in [0.25, 0.3) is 0 Å². The first-order valence-corrected chi connectivity index (χ1v) is 17.2. The Kier molecular flexibility index (Phi) is 24.0. The van der Waals surface area contributed by atoms with Gasteiger partial charge in [0.05, 0.1) is 27.7 Å². The van der Waals surface area contributed by atoms with E-state index in [1.54, 1.807) is 0 Å². The van der Waals surface area contributed by atoms with Gasteiger partial charge < -0.3 is 27.9 Å². The van der Waals surface area contributed by atoms with Crippen molar-refractivity contribution in [3.63, 3.8) is 0 Å². The second-order valence-corrected chi connectivity index (χ2v) is 13.2. The van der Waals surface area contributed by atoms with Gasteiger partial charge in [0.2, 0.25) is 0 Å². The average molecular weight is 594 g/mol. The highest BCUT2D eigenvalue weighted by Crippen LogP contribution is 2.38. The molecular formula is C30H60NO8P. The van der Waals surface area contributed by atoms with Crippen molar-refractivity contribution in [2.45, 2.75) is 136 Å². The van der Waals surface area contributed by atoms with Crippen LogP contribution >= 0.6 is 7.82 Å². The maximum absolute atomic E-state index is 12.4. The van der Waals surface area contributed by atoms with E-state index in [1.165, 1.54) is 51.4 Å². The lowest BCUT2D eigenvalue weighted by Gasteiger charge is -2.28. The Bertz CT molecular complexity index is 683. The van der Waals surface area contributed by atoms with Crippen molar-refractivity contribution in [3.8, 4) is 0 Å². The number of esters is 2. The van der Waals surface area contributed by atoms with Gasteiger partial charge in [-0.3, -0.25) is 14.2 Å². The van der Waals surface area contributed by atoms with Gasteiger partial charge >= 0.3 is 11.9 Å². The van der Waals surface area contributed by atoms with Crippen molar-refractivity contribution < 1.29 is 42.1 Å². The van der Waals surface area contributed by atoms with E-state index in [2.05, 4.69) is 13.8 Å². The number of nitrogens with zero attached hydrogens (tertiary/aromatic N) is 1. The van der Waals surface area contributed by atoms with Gasteiger partial charge in [0.1, 0.15) is 19.8 Å². The summed E-state index contributed by atoms with van der Waals surface area (Å²) in [6, 6.07) is 0. The molecule has 0 aromatic rings. The van der Waals surface area contributed by atoms with Gasteiger partial charge in [0.25, 0.3) is 7.82 Å². The second-order valence-electron chi connectivity index (χ2n) is 11.8. The van der Waals surface area contributed by atoms with Crippen LogP contribution in [0, 0.1) is 0 Å². The van der Waals surface area contributed by atoms with Gasteiger partial charge in [-0.1, -0.05) is 104 Å². The lowest BCUT2D eigenvalue weighted by molar-refractivity contribution is -0.870. The van der Waals surface area contributed by atoms with Crippen LogP contribution in [0.5, 0.6) is 0 Å². The molecule has 0 radical (unpaired) electrons. The SMILES string of the molecule is CCCCCCCCCCCCC(=O)OCC(COP(=O)([O-])OCC[N+](C)(C)C)OC(=O)CCCCCCCC. The minimum Gasteiger partial charge on any atom is -0.756 e. The highest BCUT2D eigenvalue weighted by atomic mass is 31.2. The maximum Gasteiger partial charge on any atom is 0.306 e. The third-order valence-electron chi connectivity index (χ3n) is 6.63. The molecule has 0 aromatic heterocycles. The van der Waals surface area contributed by atoms with E-state index < -0.39 is 26.5 Å². The van der Waals surface area contributed by atoms with Gasteiger partial charge in [0.15, 0.2) is 6.10 Å². The first kappa shape index (κ1) is 39.0. The second kappa shape index (κ2) is 24.6. The van der Waals surface area contributed by atoms with E-state index in [4.69, 9.17) is 18.5 Å². The highest BCUT2D eigenvalue weighted by Gasteiger charge is 2.21. The van der Waals surface area contributed by atoms with Gasteiger partial charge in [-0.05, 0) is 12.8 Å². The fraction of sp³-hybridized carbons (Fsp3) is 0.933. The Morgan fingerprint density at radius 3 is 1.60 bits per heavy atom. The van der Waals surface area contributed by atoms with Gasteiger partial charge in [0, 0.05) is 12.8 Å². The van der Waals surface area contributed by atoms with Crippen LogP contribution in [0.1, 0.15) is 129 Å². The number of carbonyl (C=O) groups excluding carboxylic acids is 2. The van der Waals surface area contributed by atoms with Crippen LogP contribution in [0.4, 0.5) is 0 Å². The fourth-order valence-electron chi connectivity index (χ4n) is 4.06. The molecule has 10 heteroatoms. The average Bonchev–Trinajstić information content (AvgIpc) is 2.88. The summed E-state index contributed by atoms with van der Waals surface area (Å²) in [5, 5.41) is 0. The summed E-state index contributed by atoms with van der Waals surface area (Å²) in [6.07, 6.45) is 17.4. The normalized spacial score (nSPS) is 14.1. The Hall–Kier alpha value is -0.990. The molecular weight excluding hydrogens is 533 g/mol. The summed E-state index contributed by atoms with van der Waals surface area (Å²) in [6.45, 7) is 4.11. The van der Waals surface area contributed by atoms with Crippen LogP contribution in [0.15, 0.2) is 0 Å². The number of unbranched alkanes of at least 4 members (excludes halogenated alkanes) is 14. The third-order valence-corrected chi connectivity index (χ3v) is 7.59. The minimum atomic E-state index is -4.59. The first-order chi connectivity index (χ1) is 19.0. The molecule has 40 heavy (non-hydrogen) atoms. The molecule has 0 amide bonds. The molecule has 2 unspecified atom stereocenters. The van der Waals surface area contributed by atoms with E-state index >= 15 is 0 Å². The van der Waals surface area contributed by atoms with E-state index in [-0.39, 0.29) is 32.0 Å². The fourth-order valence-corrected chi connectivity index (χ4v) is 4.79. The van der Waals surface area contributed by atoms with Crippen molar-refractivity contribution in [2.75, 3.05) is 47.5 Å². The molecule has 2 atom stereocenters. The summed E-state index contributed by atoms with van der Waals surface area (Å²) >= 11 is 0. The molecule has 0 aromatic carbocycles. The number of quaternary nitrogens is 1. The highest BCUT2D eigenvalue weighted by molar-refractivity contribution is 7.45. The summed E-state index contributed by atoms with van der Waals surface area (Å²) in [5.41, 5.74) is 0. The Labute approximate surface area is 244 Å². The Morgan fingerprint density at radius 2 is 1.12 bits per heavy atom. The lowest BCUT2D eigenvalue weighted by atomic mass is 10.1. The number of hydrogen-bond donors (Lipinski definition) is 0. The smallest absolute Gasteiger partial charge is 0.306 e. The number of phosphoric acid groups is 1. The van der Waals surface area contributed by atoms with Crippen molar-refractivity contribution >= 4 is 19.8 Å². The number of rotatable bonds is 28. The lowest BCUT2D eigenvalue weighted by Crippen LogP contribution is -2.37. The zero-order valence-electron chi connectivity index (χ0n) is 26.3. The zero-order chi connectivity index (χ0) is 30.1. The molecule has 0 rings (SSSR count). The van der Waals surface area contributed by atoms with Gasteiger partial charge in [-0.25, -0.2) is 0 Å². The Morgan fingerprint density at radius 1 is 0.675 bits per heavy atom.